The van der Waals surface area contributed by atoms with Crippen molar-refractivity contribution in [3.8, 4) is 11.1 Å². The first-order valence-corrected chi connectivity index (χ1v) is 10.3. The van der Waals surface area contributed by atoms with Crippen molar-refractivity contribution >= 4 is 16.9 Å². The maximum atomic E-state index is 12.9. The highest BCUT2D eigenvalue weighted by molar-refractivity contribution is 5.95. The fraction of sp³-hybridized carbons (Fsp3) is 0.391. The largest absolute Gasteiger partial charge is 0.377 e. The summed E-state index contributed by atoms with van der Waals surface area (Å²) >= 11 is 0. The van der Waals surface area contributed by atoms with Crippen molar-refractivity contribution in [2.24, 2.45) is 7.05 Å². The predicted molar refractivity (Wildman–Crippen MR) is 113 cm³/mol. The lowest BCUT2D eigenvalue weighted by Crippen LogP contribution is -2.51. The number of imidazole rings is 1. The van der Waals surface area contributed by atoms with Crippen LogP contribution in [0.25, 0.3) is 22.2 Å². The minimum atomic E-state index is 0.122. The van der Waals surface area contributed by atoms with E-state index in [0.717, 1.165) is 67.1 Å². The van der Waals surface area contributed by atoms with Crippen molar-refractivity contribution in [3.63, 3.8) is 0 Å². The van der Waals surface area contributed by atoms with Gasteiger partial charge in [-0.25, -0.2) is 4.98 Å². The second-order valence-corrected chi connectivity index (χ2v) is 8.01. The van der Waals surface area contributed by atoms with E-state index >= 15 is 0 Å². The number of nitrogens with zero attached hydrogens (tertiary/aromatic N) is 4. The van der Waals surface area contributed by atoms with Crippen LogP contribution in [0.4, 0.5) is 0 Å². The fourth-order valence-corrected chi connectivity index (χ4v) is 4.15. The Morgan fingerprint density at radius 1 is 1.07 bits per heavy atom. The van der Waals surface area contributed by atoms with Gasteiger partial charge in [0.1, 0.15) is 0 Å². The number of hydrogen-bond acceptors (Lipinski definition) is 4. The topological polar surface area (TPSA) is 50.6 Å². The van der Waals surface area contributed by atoms with Gasteiger partial charge in [-0.15, -0.1) is 0 Å². The summed E-state index contributed by atoms with van der Waals surface area (Å²) in [7, 11) is 2.00. The monoisotopic (exact) mass is 390 g/mol. The molecule has 6 heteroatoms. The summed E-state index contributed by atoms with van der Waals surface area (Å²) in [5, 5.41) is 0. The van der Waals surface area contributed by atoms with Gasteiger partial charge in [0, 0.05) is 51.9 Å². The lowest BCUT2D eigenvalue weighted by Gasteiger charge is -2.38. The molecule has 0 spiro atoms. The molecule has 1 atom stereocenters. The lowest BCUT2D eigenvalue weighted by molar-refractivity contribution is -0.0703. The summed E-state index contributed by atoms with van der Waals surface area (Å²) in [6, 6.07) is 14.2. The third kappa shape index (κ3) is 3.66. The first-order chi connectivity index (χ1) is 14.2. The molecule has 150 valence electrons. The predicted octanol–water partition coefficient (Wildman–Crippen LogP) is 2.79. The van der Waals surface area contributed by atoms with Crippen LogP contribution in [0.5, 0.6) is 0 Å². The summed E-state index contributed by atoms with van der Waals surface area (Å²) in [5.74, 6) is 0.122. The van der Waals surface area contributed by atoms with E-state index in [1.165, 1.54) is 6.42 Å². The molecule has 1 aromatic heterocycles. The molecule has 3 heterocycles. The molecule has 29 heavy (non-hydrogen) atoms. The number of hydrogen-bond donors (Lipinski definition) is 0. The molecule has 2 saturated heterocycles. The maximum Gasteiger partial charge on any atom is 0.253 e. The molecule has 2 aromatic carbocycles. The van der Waals surface area contributed by atoms with E-state index in [9.17, 15) is 4.79 Å². The molecule has 0 N–H and O–H groups in total. The standard InChI is InChI=1S/C23H26N4O2/c1-25-16-24-21-14-19(6-7-22(21)25)17-2-4-18(5-3-17)23(28)27-11-9-26(10-12-27)15-20-8-13-29-20/h2-7,14,16,20H,8-13,15H2,1H3. The molecule has 0 aliphatic carbocycles. The van der Waals surface area contributed by atoms with Gasteiger partial charge < -0.3 is 14.2 Å². The summed E-state index contributed by atoms with van der Waals surface area (Å²) < 4.78 is 7.54. The maximum absolute atomic E-state index is 12.9. The molecule has 2 aliphatic heterocycles. The third-order valence-corrected chi connectivity index (χ3v) is 6.11. The highest BCUT2D eigenvalue weighted by atomic mass is 16.5. The van der Waals surface area contributed by atoms with Gasteiger partial charge in [0.25, 0.3) is 5.91 Å². The molecule has 1 amide bonds. The second kappa shape index (κ2) is 7.61. The number of aromatic nitrogens is 2. The number of benzene rings is 2. The SMILES string of the molecule is Cn1cnc2cc(-c3ccc(C(=O)N4CCN(CC5CCO5)CC4)cc3)ccc21. The molecule has 0 saturated carbocycles. The molecular formula is C23H26N4O2. The minimum absolute atomic E-state index is 0.122. The smallest absolute Gasteiger partial charge is 0.253 e. The van der Waals surface area contributed by atoms with Crippen molar-refractivity contribution in [1.29, 1.82) is 0 Å². The average Bonchev–Trinajstić information content (AvgIpc) is 3.11. The third-order valence-electron chi connectivity index (χ3n) is 6.11. The number of amides is 1. The summed E-state index contributed by atoms with van der Waals surface area (Å²) in [6.07, 6.45) is 3.39. The Kier molecular flexibility index (Phi) is 4.81. The van der Waals surface area contributed by atoms with Crippen LogP contribution in [-0.2, 0) is 11.8 Å². The van der Waals surface area contributed by atoms with Crippen LogP contribution in [0.3, 0.4) is 0 Å². The van der Waals surface area contributed by atoms with Crippen LogP contribution in [0, 0.1) is 0 Å². The Hall–Kier alpha value is -2.70. The first-order valence-electron chi connectivity index (χ1n) is 10.3. The van der Waals surface area contributed by atoms with E-state index in [2.05, 4.69) is 28.1 Å². The van der Waals surface area contributed by atoms with Gasteiger partial charge in [0.2, 0.25) is 0 Å². The van der Waals surface area contributed by atoms with Crippen molar-refractivity contribution < 1.29 is 9.53 Å². The zero-order chi connectivity index (χ0) is 19.8. The normalized spacial score (nSPS) is 20.0. The van der Waals surface area contributed by atoms with Crippen LogP contribution in [-0.4, -0.2) is 70.7 Å². The summed E-state index contributed by atoms with van der Waals surface area (Å²) in [6.45, 7) is 5.31. The molecule has 5 rings (SSSR count). The van der Waals surface area contributed by atoms with Gasteiger partial charge in [-0.3, -0.25) is 9.69 Å². The zero-order valence-electron chi connectivity index (χ0n) is 16.8. The Balaban J connectivity index is 1.24. The molecule has 1 unspecified atom stereocenters. The number of piperazine rings is 1. The number of fused-ring (bicyclic) bond motifs is 1. The Labute approximate surface area is 170 Å². The van der Waals surface area contributed by atoms with Gasteiger partial charge in [-0.05, 0) is 41.8 Å². The molecule has 2 fully saturated rings. The quantitative estimate of drug-likeness (QED) is 0.687. The van der Waals surface area contributed by atoms with Crippen LogP contribution in [0.2, 0.25) is 0 Å². The minimum Gasteiger partial charge on any atom is -0.377 e. The van der Waals surface area contributed by atoms with E-state index in [-0.39, 0.29) is 5.91 Å². The van der Waals surface area contributed by atoms with Crippen LogP contribution >= 0.6 is 0 Å². The Morgan fingerprint density at radius 2 is 1.79 bits per heavy atom. The van der Waals surface area contributed by atoms with E-state index in [0.29, 0.717) is 6.10 Å². The van der Waals surface area contributed by atoms with Gasteiger partial charge in [-0.2, -0.15) is 0 Å². The summed E-state index contributed by atoms with van der Waals surface area (Å²) in [5.41, 5.74) is 5.06. The Morgan fingerprint density at radius 3 is 2.48 bits per heavy atom. The molecule has 2 aliphatic rings. The van der Waals surface area contributed by atoms with E-state index in [1.807, 2.05) is 47.1 Å². The van der Waals surface area contributed by atoms with E-state index < -0.39 is 0 Å². The fourth-order valence-electron chi connectivity index (χ4n) is 4.15. The number of aryl methyl sites for hydroxylation is 1. The number of carbonyl (C=O) groups is 1. The van der Waals surface area contributed by atoms with Gasteiger partial charge in [0.15, 0.2) is 0 Å². The molecule has 0 radical (unpaired) electrons. The zero-order valence-corrected chi connectivity index (χ0v) is 16.8. The average molecular weight is 390 g/mol. The Bertz CT molecular complexity index is 1020. The van der Waals surface area contributed by atoms with Crippen molar-refractivity contribution in [3.05, 3.63) is 54.4 Å². The number of ether oxygens (including phenoxy) is 1. The van der Waals surface area contributed by atoms with Crippen LogP contribution < -0.4 is 0 Å². The van der Waals surface area contributed by atoms with Crippen LogP contribution in [0.15, 0.2) is 48.8 Å². The second-order valence-electron chi connectivity index (χ2n) is 8.01. The lowest BCUT2D eigenvalue weighted by atomic mass is 10.0. The van der Waals surface area contributed by atoms with Crippen molar-refractivity contribution in [2.45, 2.75) is 12.5 Å². The van der Waals surface area contributed by atoms with E-state index in [4.69, 9.17) is 4.74 Å². The van der Waals surface area contributed by atoms with Crippen LogP contribution in [0.1, 0.15) is 16.8 Å². The van der Waals surface area contributed by atoms with Gasteiger partial charge in [-0.1, -0.05) is 18.2 Å². The molecule has 3 aromatic rings. The molecule has 0 bridgehead atoms. The molecular weight excluding hydrogens is 364 g/mol. The van der Waals surface area contributed by atoms with Crippen molar-refractivity contribution in [1.82, 2.24) is 19.4 Å². The summed E-state index contributed by atoms with van der Waals surface area (Å²) in [4.78, 5) is 21.7. The van der Waals surface area contributed by atoms with Gasteiger partial charge >= 0.3 is 0 Å². The van der Waals surface area contributed by atoms with Crippen molar-refractivity contribution in [2.75, 3.05) is 39.3 Å². The molecule has 6 nitrogen and oxygen atoms in total. The number of carbonyl (C=O) groups excluding carboxylic acids is 1. The van der Waals surface area contributed by atoms with Gasteiger partial charge in [0.05, 0.1) is 23.5 Å². The first kappa shape index (κ1) is 18.3. The highest BCUT2D eigenvalue weighted by Crippen LogP contribution is 2.24. The van der Waals surface area contributed by atoms with E-state index in [1.54, 1.807) is 0 Å². The highest BCUT2D eigenvalue weighted by Gasteiger charge is 2.26. The number of rotatable bonds is 4.